The molecule has 7 nitrogen and oxygen atoms in total. The second-order valence-electron chi connectivity index (χ2n) is 8.61. The van der Waals surface area contributed by atoms with Crippen molar-refractivity contribution in [2.45, 2.75) is 36.4 Å². The fourth-order valence-corrected chi connectivity index (χ4v) is 5.27. The van der Waals surface area contributed by atoms with Gasteiger partial charge >= 0.3 is 6.18 Å². The second-order valence-corrected chi connectivity index (χ2v) is 10.3. The Balaban J connectivity index is 1.65. The minimum atomic E-state index is -4.54. The predicted octanol–water partition coefficient (Wildman–Crippen LogP) is 4.74. The first-order valence-corrected chi connectivity index (χ1v) is 12.3. The van der Waals surface area contributed by atoms with E-state index >= 15 is 0 Å². The van der Waals surface area contributed by atoms with E-state index in [-0.39, 0.29) is 17.0 Å². The number of aromatic nitrogens is 5. The summed E-state index contributed by atoms with van der Waals surface area (Å²) in [5.74, 6) is 1.15. The van der Waals surface area contributed by atoms with Gasteiger partial charge in [0, 0.05) is 37.0 Å². The van der Waals surface area contributed by atoms with Crippen molar-refractivity contribution >= 4 is 22.3 Å². The molecule has 3 aromatic heterocycles. The van der Waals surface area contributed by atoms with Crippen molar-refractivity contribution in [3.63, 3.8) is 0 Å². The van der Waals surface area contributed by atoms with Gasteiger partial charge in [-0.15, -0.1) is 0 Å². The lowest BCUT2D eigenvalue weighted by molar-refractivity contribution is -0.137. The third kappa shape index (κ3) is 3.77. The summed E-state index contributed by atoms with van der Waals surface area (Å²) in [5, 5.41) is 9.89. The number of halogens is 3. The maximum Gasteiger partial charge on any atom is 0.417 e. The molecule has 11 heteroatoms. The summed E-state index contributed by atoms with van der Waals surface area (Å²) in [4.78, 5) is 13.1. The molecule has 0 bridgehead atoms. The minimum absolute atomic E-state index is 0.0772. The van der Waals surface area contributed by atoms with E-state index < -0.39 is 28.3 Å². The number of alkyl halides is 3. The molecular formula is C24H21F3N6OS. The Morgan fingerprint density at radius 3 is 2.37 bits per heavy atom. The molecule has 0 amide bonds. The number of nitriles is 1. The van der Waals surface area contributed by atoms with Crippen LogP contribution in [0.2, 0.25) is 0 Å². The van der Waals surface area contributed by atoms with Crippen LogP contribution in [0.15, 0.2) is 41.6 Å². The number of benzene rings is 1. The van der Waals surface area contributed by atoms with Crippen molar-refractivity contribution in [1.82, 2.24) is 24.1 Å². The van der Waals surface area contributed by atoms with Crippen molar-refractivity contribution in [3.8, 4) is 29.0 Å². The summed E-state index contributed by atoms with van der Waals surface area (Å²) in [6, 6.07) is 10.9. The third-order valence-electron chi connectivity index (χ3n) is 6.43. The van der Waals surface area contributed by atoms with E-state index in [2.05, 4.69) is 16.0 Å². The SMILES string of the molecule is CC[S+]([O-])c1c(-c2nc3cc(C(F)(F)F)cnc3n2C)nc(-c2ccc(C3(C#N)CC3)cc2)n1C. The Kier molecular flexibility index (Phi) is 5.41. The third-order valence-corrected chi connectivity index (χ3v) is 7.85. The molecule has 0 spiro atoms. The molecule has 1 aliphatic carbocycles. The van der Waals surface area contributed by atoms with Crippen LogP contribution in [-0.4, -0.2) is 34.4 Å². The summed E-state index contributed by atoms with van der Waals surface area (Å²) in [6.07, 6.45) is -2.08. The van der Waals surface area contributed by atoms with E-state index in [4.69, 9.17) is 4.98 Å². The Morgan fingerprint density at radius 1 is 1.11 bits per heavy atom. The summed E-state index contributed by atoms with van der Waals surface area (Å²) in [5.41, 5.74) is 1.10. The molecule has 0 saturated heterocycles. The zero-order valence-electron chi connectivity index (χ0n) is 19.2. The Bertz CT molecular complexity index is 1480. The summed E-state index contributed by atoms with van der Waals surface area (Å²) >= 11 is -1.42. The highest BCUT2D eigenvalue weighted by molar-refractivity contribution is 7.91. The van der Waals surface area contributed by atoms with Gasteiger partial charge in [0.2, 0.25) is 0 Å². The summed E-state index contributed by atoms with van der Waals surface area (Å²) < 4.78 is 55.9. The van der Waals surface area contributed by atoms with Crippen LogP contribution in [0.1, 0.15) is 30.9 Å². The van der Waals surface area contributed by atoms with Gasteiger partial charge in [0.15, 0.2) is 17.2 Å². The summed E-state index contributed by atoms with van der Waals surface area (Å²) in [6.45, 7) is 1.78. The predicted molar refractivity (Wildman–Crippen MR) is 125 cm³/mol. The molecule has 35 heavy (non-hydrogen) atoms. The highest BCUT2D eigenvalue weighted by atomic mass is 32.2. The molecule has 1 saturated carbocycles. The lowest BCUT2D eigenvalue weighted by Crippen LogP contribution is -2.11. The van der Waals surface area contributed by atoms with Crippen LogP contribution >= 0.6 is 0 Å². The average molecular weight is 499 g/mol. The largest absolute Gasteiger partial charge is 0.610 e. The number of fused-ring (bicyclic) bond motifs is 1. The quantitative estimate of drug-likeness (QED) is 0.371. The maximum absolute atomic E-state index is 13.2. The Hall–Kier alpha value is -3.36. The smallest absolute Gasteiger partial charge is 0.417 e. The van der Waals surface area contributed by atoms with Gasteiger partial charge in [0.25, 0.3) is 5.03 Å². The molecule has 180 valence electrons. The van der Waals surface area contributed by atoms with E-state index in [1.807, 2.05) is 24.3 Å². The molecule has 4 aromatic rings. The first-order chi connectivity index (χ1) is 16.6. The molecule has 0 aliphatic heterocycles. The van der Waals surface area contributed by atoms with Crippen molar-refractivity contribution in [3.05, 3.63) is 47.7 Å². The maximum atomic E-state index is 13.2. The number of pyridine rings is 1. The number of nitrogens with zero attached hydrogens (tertiary/aromatic N) is 6. The first kappa shape index (κ1) is 23.4. The van der Waals surface area contributed by atoms with Crippen LogP contribution in [0.5, 0.6) is 0 Å². The lowest BCUT2D eigenvalue weighted by Gasteiger charge is -2.11. The number of rotatable bonds is 5. The lowest BCUT2D eigenvalue weighted by atomic mass is 9.96. The molecular weight excluding hydrogens is 477 g/mol. The van der Waals surface area contributed by atoms with Gasteiger partial charge < -0.3 is 9.12 Å². The molecule has 1 fully saturated rings. The Morgan fingerprint density at radius 2 is 1.80 bits per heavy atom. The standard InChI is InChI=1S/C24H21F3N6OS/c1-4-35(34)22-18(21-30-17-11-16(24(25,26)27)12-29-20(17)32(21)2)31-19(33(22)3)14-5-7-15(8-6-14)23(13-28)9-10-23/h5-8,11-12H,4,9-10H2,1-3H3. The molecule has 1 aliphatic rings. The number of aryl methyl sites for hydroxylation is 1. The van der Waals surface area contributed by atoms with Gasteiger partial charge in [0.05, 0.1) is 17.0 Å². The average Bonchev–Trinajstić information content (AvgIpc) is 3.48. The van der Waals surface area contributed by atoms with Crippen molar-refractivity contribution in [2.75, 3.05) is 5.75 Å². The highest BCUT2D eigenvalue weighted by Crippen LogP contribution is 2.47. The monoisotopic (exact) mass is 498 g/mol. The van der Waals surface area contributed by atoms with Crippen LogP contribution in [-0.2, 0) is 36.9 Å². The topological polar surface area (TPSA) is 95.4 Å². The Labute approximate surface area is 202 Å². The van der Waals surface area contributed by atoms with Gasteiger partial charge in [-0.3, -0.25) is 4.57 Å². The van der Waals surface area contributed by atoms with E-state index in [0.29, 0.717) is 22.3 Å². The van der Waals surface area contributed by atoms with E-state index in [1.165, 1.54) is 0 Å². The van der Waals surface area contributed by atoms with Crippen LogP contribution in [0.3, 0.4) is 0 Å². The van der Waals surface area contributed by atoms with Crippen LogP contribution in [0, 0.1) is 11.3 Å². The van der Waals surface area contributed by atoms with Crippen LogP contribution in [0.25, 0.3) is 34.1 Å². The minimum Gasteiger partial charge on any atom is -0.610 e. The van der Waals surface area contributed by atoms with Gasteiger partial charge in [-0.05, 0) is 31.4 Å². The van der Waals surface area contributed by atoms with Gasteiger partial charge in [-0.2, -0.15) is 18.4 Å². The molecule has 5 rings (SSSR count). The molecule has 0 radical (unpaired) electrons. The fraction of sp³-hybridized carbons (Fsp3) is 0.333. The molecule has 1 atom stereocenters. The second kappa shape index (κ2) is 8.10. The number of hydrogen-bond donors (Lipinski definition) is 0. The van der Waals surface area contributed by atoms with Crippen molar-refractivity contribution in [1.29, 1.82) is 5.26 Å². The van der Waals surface area contributed by atoms with Gasteiger partial charge in [0.1, 0.15) is 17.1 Å². The summed E-state index contributed by atoms with van der Waals surface area (Å²) in [7, 11) is 3.40. The zero-order chi connectivity index (χ0) is 25.1. The van der Waals surface area contributed by atoms with Gasteiger partial charge in [-0.25, -0.2) is 15.0 Å². The first-order valence-electron chi connectivity index (χ1n) is 11.0. The van der Waals surface area contributed by atoms with E-state index in [1.54, 1.807) is 30.2 Å². The fourth-order valence-electron chi connectivity index (χ4n) is 4.26. The molecule has 1 unspecified atom stereocenters. The molecule has 0 N–H and O–H groups in total. The normalized spacial score (nSPS) is 15.8. The van der Waals surface area contributed by atoms with Crippen molar-refractivity contribution in [2.24, 2.45) is 14.1 Å². The molecule has 3 heterocycles. The number of imidazole rings is 2. The van der Waals surface area contributed by atoms with Crippen LogP contribution < -0.4 is 0 Å². The molecule has 1 aromatic carbocycles. The van der Waals surface area contributed by atoms with E-state index in [9.17, 15) is 23.0 Å². The number of hydrogen-bond acceptors (Lipinski definition) is 5. The van der Waals surface area contributed by atoms with Gasteiger partial charge in [-0.1, -0.05) is 24.3 Å². The van der Waals surface area contributed by atoms with Crippen LogP contribution in [0.4, 0.5) is 13.2 Å². The highest BCUT2D eigenvalue weighted by Gasteiger charge is 2.44. The van der Waals surface area contributed by atoms with E-state index in [0.717, 1.165) is 36.2 Å². The zero-order valence-corrected chi connectivity index (χ0v) is 20.0. The van der Waals surface area contributed by atoms with Crippen molar-refractivity contribution < 1.29 is 17.7 Å².